The van der Waals surface area contributed by atoms with Crippen LogP contribution in [0.5, 0.6) is 0 Å². The van der Waals surface area contributed by atoms with E-state index in [4.69, 9.17) is 4.74 Å². The average Bonchev–Trinajstić information content (AvgIpc) is 3.16. The molecule has 156 valence electrons. The summed E-state index contributed by atoms with van der Waals surface area (Å²) < 4.78 is 45.7. The molecule has 30 heavy (non-hydrogen) atoms. The number of rotatable bonds is 4. The highest BCUT2D eigenvalue weighted by atomic mass is 19.4. The molecule has 1 unspecified atom stereocenters. The normalized spacial score (nSPS) is 16.6. The lowest BCUT2D eigenvalue weighted by atomic mass is 10.0. The van der Waals surface area contributed by atoms with Gasteiger partial charge in [0.25, 0.3) is 5.91 Å². The van der Waals surface area contributed by atoms with E-state index in [-0.39, 0.29) is 18.5 Å². The number of anilines is 1. The van der Waals surface area contributed by atoms with E-state index in [0.29, 0.717) is 23.6 Å². The van der Waals surface area contributed by atoms with Crippen molar-refractivity contribution in [2.45, 2.75) is 19.1 Å². The third-order valence-corrected chi connectivity index (χ3v) is 5.06. The maximum Gasteiger partial charge on any atom is 0.416 e. The first kappa shape index (κ1) is 20.1. The van der Waals surface area contributed by atoms with Crippen LogP contribution < -0.4 is 4.90 Å². The minimum atomic E-state index is -4.44. The van der Waals surface area contributed by atoms with Crippen LogP contribution in [0.25, 0.3) is 11.1 Å². The van der Waals surface area contributed by atoms with Gasteiger partial charge in [-0.3, -0.25) is 14.5 Å². The van der Waals surface area contributed by atoms with Crippen molar-refractivity contribution >= 4 is 11.6 Å². The second kappa shape index (κ2) is 7.56. The van der Waals surface area contributed by atoms with Crippen LogP contribution in [0.4, 0.5) is 18.9 Å². The summed E-state index contributed by atoms with van der Waals surface area (Å²) in [6.07, 6.45) is -1.16. The SMILES string of the molecule is COCC1CN(c2ccc(C(F)(F)F)cc2)C(=O)c2c(-c3ccnc(C)c3)cnn21. The van der Waals surface area contributed by atoms with Gasteiger partial charge in [0.1, 0.15) is 5.69 Å². The zero-order chi connectivity index (χ0) is 21.5. The van der Waals surface area contributed by atoms with Crippen LogP contribution >= 0.6 is 0 Å². The number of ether oxygens (including phenoxy) is 1. The first-order chi connectivity index (χ1) is 14.3. The highest BCUT2D eigenvalue weighted by molar-refractivity contribution is 6.09. The number of aromatic nitrogens is 3. The second-order valence-electron chi connectivity index (χ2n) is 7.11. The van der Waals surface area contributed by atoms with Crippen molar-refractivity contribution in [1.29, 1.82) is 0 Å². The molecule has 3 aromatic rings. The van der Waals surface area contributed by atoms with Gasteiger partial charge in [-0.25, -0.2) is 0 Å². The van der Waals surface area contributed by atoms with E-state index < -0.39 is 11.7 Å². The zero-order valence-electron chi connectivity index (χ0n) is 16.3. The molecule has 4 rings (SSSR count). The molecule has 9 heteroatoms. The topological polar surface area (TPSA) is 60.2 Å². The Hall–Kier alpha value is -3.20. The molecule has 2 aromatic heterocycles. The molecule has 1 amide bonds. The Kier molecular flexibility index (Phi) is 5.07. The molecular formula is C21H19F3N4O2. The molecule has 1 aromatic carbocycles. The number of methoxy groups -OCH3 is 1. The summed E-state index contributed by atoms with van der Waals surface area (Å²) in [5, 5.41) is 4.41. The van der Waals surface area contributed by atoms with E-state index in [9.17, 15) is 18.0 Å². The summed E-state index contributed by atoms with van der Waals surface area (Å²) in [4.78, 5) is 19.0. The smallest absolute Gasteiger partial charge is 0.382 e. The molecule has 0 radical (unpaired) electrons. The van der Waals surface area contributed by atoms with E-state index in [0.717, 1.165) is 23.4 Å². The summed E-state index contributed by atoms with van der Waals surface area (Å²) >= 11 is 0. The zero-order valence-corrected chi connectivity index (χ0v) is 16.3. The Morgan fingerprint density at radius 3 is 2.57 bits per heavy atom. The molecule has 1 atom stereocenters. The van der Waals surface area contributed by atoms with Gasteiger partial charge < -0.3 is 9.64 Å². The van der Waals surface area contributed by atoms with Crippen molar-refractivity contribution in [3.8, 4) is 11.1 Å². The molecule has 0 saturated carbocycles. The Bertz CT molecular complexity index is 1080. The third kappa shape index (κ3) is 3.56. The molecule has 0 fully saturated rings. The lowest BCUT2D eigenvalue weighted by Gasteiger charge is -2.34. The third-order valence-electron chi connectivity index (χ3n) is 5.06. The standard InChI is InChI=1S/C21H19F3N4O2/c1-13-9-14(7-8-25-13)18-10-26-28-17(12-30-2)11-27(20(29)19(18)28)16-5-3-15(4-6-16)21(22,23)24/h3-10,17H,11-12H2,1-2H3. The van der Waals surface area contributed by atoms with Gasteiger partial charge >= 0.3 is 6.18 Å². The molecule has 0 spiro atoms. The summed E-state index contributed by atoms with van der Waals surface area (Å²) in [7, 11) is 1.55. The number of alkyl halides is 3. The fraction of sp³-hybridized carbons (Fsp3) is 0.286. The lowest BCUT2D eigenvalue weighted by molar-refractivity contribution is -0.137. The van der Waals surface area contributed by atoms with Crippen LogP contribution in [0.1, 0.15) is 27.8 Å². The largest absolute Gasteiger partial charge is 0.416 e. The number of hydrogen-bond donors (Lipinski definition) is 0. The summed E-state index contributed by atoms with van der Waals surface area (Å²) in [6, 6.07) is 7.95. The number of halogens is 3. The van der Waals surface area contributed by atoms with Crippen LogP contribution in [0.3, 0.4) is 0 Å². The molecule has 3 heterocycles. The predicted molar refractivity (Wildman–Crippen MR) is 104 cm³/mol. The van der Waals surface area contributed by atoms with Gasteiger partial charge in [0.2, 0.25) is 0 Å². The molecular weight excluding hydrogens is 397 g/mol. The molecule has 0 aliphatic carbocycles. The molecule has 0 N–H and O–H groups in total. The summed E-state index contributed by atoms with van der Waals surface area (Å²) in [6.45, 7) is 2.39. The van der Waals surface area contributed by atoms with Gasteiger partial charge in [-0.2, -0.15) is 18.3 Å². The Labute approximate surface area is 170 Å². The number of carbonyl (C=O) groups is 1. The van der Waals surface area contributed by atoms with Crippen LogP contribution in [-0.4, -0.2) is 40.9 Å². The van der Waals surface area contributed by atoms with Gasteiger partial charge in [-0.1, -0.05) is 0 Å². The lowest BCUT2D eigenvalue weighted by Crippen LogP contribution is -2.45. The number of carbonyl (C=O) groups excluding carboxylic acids is 1. The van der Waals surface area contributed by atoms with Crippen molar-refractivity contribution in [2.75, 3.05) is 25.2 Å². The van der Waals surface area contributed by atoms with E-state index in [1.165, 1.54) is 17.0 Å². The average molecular weight is 416 g/mol. The van der Waals surface area contributed by atoms with E-state index in [1.807, 2.05) is 13.0 Å². The Morgan fingerprint density at radius 2 is 1.93 bits per heavy atom. The molecule has 0 bridgehead atoms. The highest BCUT2D eigenvalue weighted by Gasteiger charge is 2.36. The summed E-state index contributed by atoms with van der Waals surface area (Å²) in [5.41, 5.74) is 2.23. The highest BCUT2D eigenvalue weighted by Crippen LogP contribution is 2.35. The molecule has 1 aliphatic rings. The Morgan fingerprint density at radius 1 is 1.20 bits per heavy atom. The van der Waals surface area contributed by atoms with Crippen molar-refractivity contribution < 1.29 is 22.7 Å². The number of benzene rings is 1. The van der Waals surface area contributed by atoms with Gasteiger partial charge in [-0.15, -0.1) is 0 Å². The maximum absolute atomic E-state index is 13.4. The number of pyridine rings is 1. The van der Waals surface area contributed by atoms with Crippen LogP contribution in [0.15, 0.2) is 48.8 Å². The van der Waals surface area contributed by atoms with Crippen LogP contribution in [0, 0.1) is 6.92 Å². The maximum atomic E-state index is 13.4. The second-order valence-corrected chi connectivity index (χ2v) is 7.11. The number of hydrogen-bond acceptors (Lipinski definition) is 4. The minimum absolute atomic E-state index is 0.238. The van der Waals surface area contributed by atoms with Crippen molar-refractivity contribution in [3.05, 3.63) is 65.7 Å². The van der Waals surface area contributed by atoms with Gasteiger partial charge in [0, 0.05) is 30.3 Å². The van der Waals surface area contributed by atoms with E-state index in [2.05, 4.69) is 10.1 Å². The van der Waals surface area contributed by atoms with E-state index >= 15 is 0 Å². The van der Waals surface area contributed by atoms with Gasteiger partial charge in [-0.05, 0) is 48.9 Å². The predicted octanol–water partition coefficient (Wildman–Crippen LogP) is 4.12. The van der Waals surface area contributed by atoms with Crippen molar-refractivity contribution in [2.24, 2.45) is 0 Å². The van der Waals surface area contributed by atoms with Crippen molar-refractivity contribution in [3.63, 3.8) is 0 Å². The minimum Gasteiger partial charge on any atom is -0.382 e. The quantitative estimate of drug-likeness (QED) is 0.642. The van der Waals surface area contributed by atoms with Gasteiger partial charge in [0.05, 0.1) is 31.0 Å². The Balaban J connectivity index is 1.77. The first-order valence-corrected chi connectivity index (χ1v) is 9.28. The van der Waals surface area contributed by atoms with E-state index in [1.54, 1.807) is 30.3 Å². The number of fused-ring (bicyclic) bond motifs is 1. The summed E-state index contributed by atoms with van der Waals surface area (Å²) in [5.74, 6) is -0.330. The number of nitrogens with zero attached hydrogens (tertiary/aromatic N) is 4. The first-order valence-electron chi connectivity index (χ1n) is 9.28. The van der Waals surface area contributed by atoms with Crippen LogP contribution in [-0.2, 0) is 10.9 Å². The van der Waals surface area contributed by atoms with Crippen molar-refractivity contribution in [1.82, 2.24) is 14.8 Å². The fourth-order valence-corrected chi connectivity index (χ4v) is 3.64. The van der Waals surface area contributed by atoms with Crippen LogP contribution in [0.2, 0.25) is 0 Å². The monoisotopic (exact) mass is 416 g/mol. The number of aryl methyl sites for hydroxylation is 1. The van der Waals surface area contributed by atoms with Gasteiger partial charge in [0.15, 0.2) is 0 Å². The number of amides is 1. The molecule has 6 nitrogen and oxygen atoms in total. The molecule has 1 aliphatic heterocycles. The fourth-order valence-electron chi connectivity index (χ4n) is 3.64. The molecule has 0 saturated heterocycles.